The average molecular weight is 231 g/mol. The highest BCUT2D eigenvalue weighted by Gasteiger charge is 2.12. The number of rotatable bonds is 2. The van der Waals surface area contributed by atoms with Crippen molar-refractivity contribution in [1.29, 1.82) is 0 Å². The molecular formula is C7H16Cl2N2O2. The summed E-state index contributed by atoms with van der Waals surface area (Å²) in [4.78, 5) is 12.9. The number of nitrogens with one attached hydrogen (secondary N) is 1. The first-order chi connectivity index (χ1) is 5.33. The van der Waals surface area contributed by atoms with Crippen LogP contribution in [0, 0.1) is 0 Å². The van der Waals surface area contributed by atoms with E-state index >= 15 is 0 Å². The van der Waals surface area contributed by atoms with Gasteiger partial charge in [-0.25, -0.2) is 0 Å². The monoisotopic (exact) mass is 230 g/mol. The van der Waals surface area contributed by atoms with E-state index in [1.165, 1.54) is 7.11 Å². The predicted octanol–water partition coefficient (Wildman–Crippen LogP) is -0.0918. The van der Waals surface area contributed by atoms with Crippen molar-refractivity contribution < 1.29 is 9.53 Å². The van der Waals surface area contributed by atoms with Gasteiger partial charge in [0.05, 0.1) is 13.7 Å². The molecule has 0 saturated carbocycles. The van der Waals surface area contributed by atoms with E-state index in [0.717, 1.165) is 26.2 Å². The lowest BCUT2D eigenvalue weighted by atomic mass is 10.3. The van der Waals surface area contributed by atoms with Crippen LogP contribution >= 0.6 is 24.8 Å². The highest BCUT2D eigenvalue weighted by molar-refractivity contribution is 5.85. The first kappa shape index (κ1) is 15.4. The van der Waals surface area contributed by atoms with Crippen LogP contribution in [-0.4, -0.2) is 50.7 Å². The number of esters is 1. The summed E-state index contributed by atoms with van der Waals surface area (Å²) in [5.41, 5.74) is 0. The average Bonchev–Trinajstić information content (AvgIpc) is 2.06. The zero-order valence-corrected chi connectivity index (χ0v) is 9.25. The number of halogens is 2. The molecule has 13 heavy (non-hydrogen) atoms. The quantitative estimate of drug-likeness (QED) is 0.674. The van der Waals surface area contributed by atoms with Crippen molar-refractivity contribution >= 4 is 30.8 Å². The molecule has 1 saturated heterocycles. The Labute approximate surface area is 90.8 Å². The first-order valence-electron chi connectivity index (χ1n) is 3.83. The summed E-state index contributed by atoms with van der Waals surface area (Å²) in [6.07, 6.45) is 0. The summed E-state index contributed by atoms with van der Waals surface area (Å²) in [6.45, 7) is 4.25. The third-order valence-electron chi connectivity index (χ3n) is 1.79. The third-order valence-corrected chi connectivity index (χ3v) is 1.79. The van der Waals surface area contributed by atoms with Gasteiger partial charge in [0, 0.05) is 26.2 Å². The lowest BCUT2D eigenvalue weighted by Crippen LogP contribution is -2.45. The summed E-state index contributed by atoms with van der Waals surface area (Å²) in [5.74, 6) is -0.146. The second-order valence-corrected chi connectivity index (χ2v) is 2.60. The van der Waals surface area contributed by atoms with Gasteiger partial charge in [0.25, 0.3) is 0 Å². The Hall–Kier alpha value is -0.0300. The second kappa shape index (κ2) is 8.56. The molecule has 1 rings (SSSR count). The van der Waals surface area contributed by atoms with E-state index in [1.807, 2.05) is 0 Å². The van der Waals surface area contributed by atoms with Crippen LogP contribution in [0.1, 0.15) is 0 Å². The smallest absolute Gasteiger partial charge is 0.319 e. The maximum atomic E-state index is 10.8. The molecule has 1 aliphatic heterocycles. The van der Waals surface area contributed by atoms with Gasteiger partial charge in [0.2, 0.25) is 0 Å². The fraction of sp³-hybridized carbons (Fsp3) is 0.857. The first-order valence-corrected chi connectivity index (χ1v) is 3.83. The van der Waals surface area contributed by atoms with Gasteiger partial charge in [-0.15, -0.1) is 24.8 Å². The lowest BCUT2D eigenvalue weighted by Gasteiger charge is -2.25. The van der Waals surface area contributed by atoms with Crippen LogP contribution in [0.25, 0.3) is 0 Å². The van der Waals surface area contributed by atoms with Gasteiger partial charge in [0.15, 0.2) is 0 Å². The molecule has 0 bridgehead atoms. The number of nitrogens with zero attached hydrogens (tertiary/aromatic N) is 1. The minimum atomic E-state index is -0.146. The maximum absolute atomic E-state index is 10.8. The number of hydrogen-bond donors (Lipinski definition) is 1. The molecule has 1 aliphatic rings. The number of piperazine rings is 1. The molecule has 6 heteroatoms. The molecule has 0 spiro atoms. The molecule has 1 N–H and O–H groups in total. The standard InChI is InChI=1S/C7H14N2O2.2ClH/c1-11-7(10)6-9-4-2-8-3-5-9;;/h8H,2-6H2,1H3;2*1H. The van der Waals surface area contributed by atoms with Crippen molar-refractivity contribution in [3.63, 3.8) is 0 Å². The molecule has 0 atom stereocenters. The molecular weight excluding hydrogens is 215 g/mol. The summed E-state index contributed by atoms with van der Waals surface area (Å²) < 4.78 is 4.55. The number of ether oxygens (including phenoxy) is 1. The van der Waals surface area contributed by atoms with Gasteiger partial charge in [0.1, 0.15) is 0 Å². The van der Waals surface area contributed by atoms with Gasteiger partial charge < -0.3 is 10.1 Å². The molecule has 0 aromatic rings. The van der Waals surface area contributed by atoms with Crippen molar-refractivity contribution in [2.24, 2.45) is 0 Å². The summed E-state index contributed by atoms with van der Waals surface area (Å²) in [6, 6.07) is 0. The number of carbonyl (C=O) groups is 1. The molecule has 80 valence electrons. The van der Waals surface area contributed by atoms with Crippen molar-refractivity contribution in [2.75, 3.05) is 39.8 Å². The summed E-state index contributed by atoms with van der Waals surface area (Å²) in [5, 5.41) is 3.21. The van der Waals surface area contributed by atoms with Crippen LogP contribution in [0.3, 0.4) is 0 Å². The van der Waals surface area contributed by atoms with Crippen LogP contribution in [0.2, 0.25) is 0 Å². The largest absolute Gasteiger partial charge is 0.468 e. The van der Waals surface area contributed by atoms with Crippen molar-refractivity contribution in [3.8, 4) is 0 Å². The maximum Gasteiger partial charge on any atom is 0.319 e. The fourth-order valence-electron chi connectivity index (χ4n) is 1.12. The van der Waals surface area contributed by atoms with Crippen molar-refractivity contribution in [1.82, 2.24) is 10.2 Å². The topological polar surface area (TPSA) is 41.6 Å². The van der Waals surface area contributed by atoms with E-state index in [1.54, 1.807) is 0 Å². The SMILES string of the molecule is COC(=O)CN1CCNCC1.Cl.Cl. The van der Waals surface area contributed by atoms with Crippen LogP contribution in [0.4, 0.5) is 0 Å². The molecule has 0 aromatic heterocycles. The van der Waals surface area contributed by atoms with Crippen molar-refractivity contribution in [3.05, 3.63) is 0 Å². The molecule has 0 radical (unpaired) electrons. The minimum absolute atomic E-state index is 0. The number of carbonyl (C=O) groups excluding carboxylic acids is 1. The second-order valence-electron chi connectivity index (χ2n) is 2.60. The Morgan fingerprint density at radius 2 is 1.92 bits per heavy atom. The van der Waals surface area contributed by atoms with Gasteiger partial charge in [-0.05, 0) is 0 Å². The van der Waals surface area contributed by atoms with Crippen molar-refractivity contribution in [2.45, 2.75) is 0 Å². The lowest BCUT2D eigenvalue weighted by molar-refractivity contribution is -0.142. The van der Waals surface area contributed by atoms with Gasteiger partial charge >= 0.3 is 5.97 Å². The molecule has 0 amide bonds. The van der Waals surface area contributed by atoms with E-state index in [0.29, 0.717) is 6.54 Å². The highest BCUT2D eigenvalue weighted by atomic mass is 35.5. The van der Waals surface area contributed by atoms with E-state index in [9.17, 15) is 4.79 Å². The Kier molecular flexibility index (Phi) is 10.2. The van der Waals surface area contributed by atoms with Gasteiger partial charge in [-0.2, -0.15) is 0 Å². The zero-order valence-electron chi connectivity index (χ0n) is 7.62. The summed E-state index contributed by atoms with van der Waals surface area (Å²) >= 11 is 0. The summed E-state index contributed by atoms with van der Waals surface area (Å²) in [7, 11) is 1.42. The van der Waals surface area contributed by atoms with Gasteiger partial charge in [-0.1, -0.05) is 0 Å². The number of hydrogen-bond acceptors (Lipinski definition) is 4. The molecule has 1 fully saturated rings. The van der Waals surface area contributed by atoms with E-state index < -0.39 is 0 Å². The molecule has 4 nitrogen and oxygen atoms in total. The van der Waals surface area contributed by atoms with Crippen LogP contribution in [0.5, 0.6) is 0 Å². The molecule has 0 aromatic carbocycles. The molecule has 1 heterocycles. The van der Waals surface area contributed by atoms with Crippen LogP contribution < -0.4 is 5.32 Å². The van der Waals surface area contributed by atoms with Crippen LogP contribution in [-0.2, 0) is 9.53 Å². The van der Waals surface area contributed by atoms with E-state index in [4.69, 9.17) is 0 Å². The van der Waals surface area contributed by atoms with Gasteiger partial charge in [-0.3, -0.25) is 9.69 Å². The van der Waals surface area contributed by atoms with Crippen LogP contribution in [0.15, 0.2) is 0 Å². The highest BCUT2D eigenvalue weighted by Crippen LogP contribution is 1.91. The Morgan fingerprint density at radius 3 is 2.38 bits per heavy atom. The predicted molar refractivity (Wildman–Crippen MR) is 55.8 cm³/mol. The molecule has 0 unspecified atom stereocenters. The molecule has 0 aliphatic carbocycles. The Morgan fingerprint density at radius 1 is 1.38 bits per heavy atom. The third kappa shape index (κ3) is 6.10. The fourth-order valence-corrected chi connectivity index (χ4v) is 1.12. The zero-order chi connectivity index (χ0) is 8.10. The Bertz CT molecular complexity index is 140. The normalized spacial score (nSPS) is 16.7. The van der Waals surface area contributed by atoms with E-state index in [-0.39, 0.29) is 30.8 Å². The van der Waals surface area contributed by atoms with E-state index in [2.05, 4.69) is 15.0 Å². The Balaban J connectivity index is 0. The number of methoxy groups -OCH3 is 1. The minimum Gasteiger partial charge on any atom is -0.468 e.